The van der Waals surface area contributed by atoms with Crippen LogP contribution in [0.2, 0.25) is 0 Å². The van der Waals surface area contributed by atoms with E-state index in [2.05, 4.69) is 21.3 Å². The lowest BCUT2D eigenvalue weighted by atomic mass is 9.92. The largest absolute Gasteiger partial charge is 0.390 e. The van der Waals surface area contributed by atoms with Crippen LogP contribution in [0, 0.1) is 41.4 Å². The van der Waals surface area contributed by atoms with Crippen molar-refractivity contribution in [3.05, 3.63) is 0 Å². The topological polar surface area (TPSA) is 279 Å². The number of likely N-dealkylation sites (N-methyl/N-ethyl adjacent to an activating group) is 7. The molecular weight excluding hydrogens is 1070 g/mol. The molecule has 5 N–H and O–H groups in total. The van der Waals surface area contributed by atoms with Crippen LogP contribution in [0.4, 0.5) is 0 Å². The van der Waals surface area contributed by atoms with Crippen molar-refractivity contribution in [1.29, 1.82) is 0 Å². The second-order valence-corrected chi connectivity index (χ2v) is 25.7. The SMILES string of the molecule is CC[C@@H]1NC(=O)[C@H]([C@H](O)[C@H](C)CC)N(C)C(=O)C(C(C)C)N(C)C(=O)[C@H](CC(C)C)N(C)C(=O)[C@H](CC(C)C)N(C)C(=O)[C@@H](C)NC(=O)[C@H](C)NC(=O)[C@H](CC(C)C)N(C)C(=O)[C@H](C(C)C)NC(=O)[C@H](CC(C)C)N(C)C(=O)CN(C)C1=O. The fraction of sp³-hybridized carbons (Fsp3) is 0.817. The zero-order valence-corrected chi connectivity index (χ0v) is 54.9. The Labute approximate surface area is 496 Å². The smallest absolute Gasteiger partial charge is 0.246 e. The van der Waals surface area contributed by atoms with Gasteiger partial charge in [0.05, 0.1) is 12.6 Å². The van der Waals surface area contributed by atoms with Crippen molar-refractivity contribution in [2.45, 2.75) is 223 Å². The Kier molecular flexibility index (Phi) is 30.4. The van der Waals surface area contributed by atoms with Gasteiger partial charge in [0.25, 0.3) is 0 Å². The lowest BCUT2D eigenvalue weighted by Crippen LogP contribution is -2.63. The summed E-state index contributed by atoms with van der Waals surface area (Å²) >= 11 is 0. The van der Waals surface area contributed by atoms with Gasteiger partial charge in [-0.2, -0.15) is 0 Å². The number of aliphatic hydroxyl groups is 1. The second-order valence-electron chi connectivity index (χ2n) is 25.7. The van der Waals surface area contributed by atoms with Gasteiger partial charge in [-0.05, 0) is 87.4 Å². The standard InChI is InChI=1S/C60H109N11O12/c1-25-38(15)50(73)49-54(77)63-41(26-2)56(79)65(18)31-46(72)66(19)42(27-32(3)4)53(76)64-47(36(11)12)59(82)67(20)43(28-33(5)6)52(75)61-39(16)51(74)62-40(17)55(78)68(21)44(29-34(7)8)57(80)69(22)45(30-35(9)10)58(81)70(23)48(37(13)14)60(83)71(49)24/h32-45,47-50,73H,25-31H2,1-24H3,(H,61,75)(H,62,74)(H,63,77)(H,64,76)/t38-,39+,40-,41+,42+,43+,44+,45+,47+,48?,49+,50-/m1/s1. The molecule has 1 unspecified atom stereocenters. The summed E-state index contributed by atoms with van der Waals surface area (Å²) in [5, 5.41) is 22.8. The minimum Gasteiger partial charge on any atom is -0.390 e. The Morgan fingerprint density at radius 2 is 0.819 bits per heavy atom. The van der Waals surface area contributed by atoms with Crippen molar-refractivity contribution in [2.75, 3.05) is 55.9 Å². The van der Waals surface area contributed by atoms with Crippen LogP contribution in [-0.4, -0.2) is 227 Å². The molecule has 83 heavy (non-hydrogen) atoms. The highest BCUT2D eigenvalue weighted by Crippen LogP contribution is 2.25. The molecule has 1 aliphatic heterocycles. The summed E-state index contributed by atoms with van der Waals surface area (Å²) in [6.45, 7) is 29.3. The van der Waals surface area contributed by atoms with Gasteiger partial charge in [0.2, 0.25) is 65.0 Å². The molecule has 1 heterocycles. The number of nitrogens with zero attached hydrogens (tertiary/aromatic N) is 7. The fourth-order valence-electron chi connectivity index (χ4n) is 10.4. The van der Waals surface area contributed by atoms with E-state index in [0.717, 1.165) is 9.80 Å². The highest BCUT2D eigenvalue weighted by molar-refractivity contribution is 5.99. The molecule has 0 aliphatic carbocycles. The summed E-state index contributed by atoms with van der Waals surface area (Å²) in [4.78, 5) is 168. The van der Waals surface area contributed by atoms with E-state index in [-0.39, 0.29) is 55.8 Å². The van der Waals surface area contributed by atoms with E-state index >= 15 is 9.59 Å². The van der Waals surface area contributed by atoms with Crippen molar-refractivity contribution < 1.29 is 57.8 Å². The molecule has 1 rings (SSSR count). The van der Waals surface area contributed by atoms with E-state index in [1.807, 2.05) is 62.3 Å². The molecule has 12 atom stereocenters. The number of rotatable bonds is 14. The Bertz CT molecular complexity index is 2240. The molecule has 476 valence electrons. The fourth-order valence-corrected chi connectivity index (χ4v) is 10.4. The first kappa shape index (κ1) is 75.1. The molecule has 0 aromatic rings. The predicted molar refractivity (Wildman–Crippen MR) is 319 cm³/mol. The van der Waals surface area contributed by atoms with Gasteiger partial charge in [0, 0.05) is 49.3 Å². The van der Waals surface area contributed by atoms with E-state index in [4.69, 9.17) is 0 Å². The lowest BCUT2D eigenvalue weighted by Gasteiger charge is -2.41. The molecule has 1 saturated heterocycles. The molecule has 0 aromatic carbocycles. The summed E-state index contributed by atoms with van der Waals surface area (Å²) in [6, 6.07) is -12.2. The van der Waals surface area contributed by atoms with Gasteiger partial charge in [-0.3, -0.25) is 52.7 Å². The first-order valence-corrected chi connectivity index (χ1v) is 30.0. The molecule has 23 nitrogen and oxygen atoms in total. The minimum atomic E-state index is -1.58. The number of carbonyl (C=O) groups is 11. The van der Waals surface area contributed by atoms with Gasteiger partial charge in [0.15, 0.2) is 0 Å². The van der Waals surface area contributed by atoms with E-state index < -0.39 is 156 Å². The van der Waals surface area contributed by atoms with Gasteiger partial charge in [-0.1, -0.05) is 110 Å². The van der Waals surface area contributed by atoms with Gasteiger partial charge in [-0.15, -0.1) is 0 Å². The molecule has 0 bridgehead atoms. The predicted octanol–water partition coefficient (Wildman–Crippen LogP) is 2.71. The number of nitrogens with one attached hydrogen (secondary N) is 4. The Morgan fingerprint density at radius 1 is 0.422 bits per heavy atom. The normalized spacial score (nSPS) is 27.2. The maximum atomic E-state index is 15.0. The van der Waals surface area contributed by atoms with Crippen molar-refractivity contribution in [3.63, 3.8) is 0 Å². The van der Waals surface area contributed by atoms with Crippen molar-refractivity contribution >= 4 is 65.0 Å². The number of hydrogen-bond donors (Lipinski definition) is 5. The third-order valence-corrected chi connectivity index (χ3v) is 16.0. The zero-order valence-electron chi connectivity index (χ0n) is 54.9. The van der Waals surface area contributed by atoms with Gasteiger partial charge >= 0.3 is 0 Å². The monoisotopic (exact) mass is 1180 g/mol. The van der Waals surface area contributed by atoms with Crippen LogP contribution in [0.1, 0.15) is 156 Å². The first-order valence-electron chi connectivity index (χ1n) is 30.0. The third kappa shape index (κ3) is 20.7. The van der Waals surface area contributed by atoms with E-state index in [9.17, 15) is 48.3 Å². The van der Waals surface area contributed by atoms with Crippen LogP contribution in [0.15, 0.2) is 0 Å². The summed E-state index contributed by atoms with van der Waals surface area (Å²) in [7, 11) is 9.92. The van der Waals surface area contributed by atoms with E-state index in [0.29, 0.717) is 6.42 Å². The number of amides is 11. The Balaban J connectivity index is 4.28. The van der Waals surface area contributed by atoms with E-state index in [1.54, 1.807) is 41.5 Å². The van der Waals surface area contributed by atoms with Crippen LogP contribution < -0.4 is 21.3 Å². The molecule has 0 saturated carbocycles. The molecule has 0 spiro atoms. The van der Waals surface area contributed by atoms with Crippen LogP contribution in [0.3, 0.4) is 0 Å². The summed E-state index contributed by atoms with van der Waals surface area (Å²) in [5.41, 5.74) is 0. The van der Waals surface area contributed by atoms with Crippen LogP contribution >= 0.6 is 0 Å². The number of aliphatic hydroxyl groups excluding tert-OH is 1. The van der Waals surface area contributed by atoms with Crippen LogP contribution in [-0.2, 0) is 52.7 Å². The Hall–Kier alpha value is -5.87. The Morgan fingerprint density at radius 3 is 1.25 bits per heavy atom. The number of carbonyl (C=O) groups excluding carboxylic acids is 11. The first-order chi connectivity index (χ1) is 38.2. The maximum absolute atomic E-state index is 15.0. The van der Waals surface area contributed by atoms with Crippen LogP contribution in [0.25, 0.3) is 0 Å². The zero-order chi connectivity index (χ0) is 64.6. The molecular formula is C60H109N11O12. The highest BCUT2D eigenvalue weighted by atomic mass is 16.3. The highest BCUT2D eigenvalue weighted by Gasteiger charge is 2.45. The van der Waals surface area contributed by atoms with Gasteiger partial charge in [0.1, 0.15) is 60.4 Å². The minimum absolute atomic E-state index is 0.0320. The quantitative estimate of drug-likeness (QED) is 0.168. The molecule has 1 aliphatic rings. The summed E-state index contributed by atoms with van der Waals surface area (Å²) in [5.74, 6) is -9.56. The van der Waals surface area contributed by atoms with E-state index in [1.165, 1.54) is 87.7 Å². The third-order valence-electron chi connectivity index (χ3n) is 16.0. The molecule has 0 radical (unpaired) electrons. The van der Waals surface area contributed by atoms with Crippen molar-refractivity contribution in [3.8, 4) is 0 Å². The summed E-state index contributed by atoms with van der Waals surface area (Å²) in [6.07, 6.45) is -0.393. The summed E-state index contributed by atoms with van der Waals surface area (Å²) < 4.78 is 0. The number of hydrogen-bond acceptors (Lipinski definition) is 12. The van der Waals surface area contributed by atoms with Crippen LogP contribution in [0.5, 0.6) is 0 Å². The van der Waals surface area contributed by atoms with Gasteiger partial charge < -0.3 is 60.7 Å². The molecule has 0 aromatic heterocycles. The molecule has 11 amide bonds. The van der Waals surface area contributed by atoms with Crippen molar-refractivity contribution in [2.24, 2.45) is 41.4 Å². The van der Waals surface area contributed by atoms with Gasteiger partial charge in [-0.25, -0.2) is 0 Å². The maximum Gasteiger partial charge on any atom is 0.246 e. The average Bonchev–Trinajstić information content (AvgIpc) is 3.51. The second kappa shape index (κ2) is 33.6. The molecule has 23 heteroatoms. The average molecular weight is 1180 g/mol. The molecule has 1 fully saturated rings. The lowest BCUT2D eigenvalue weighted by molar-refractivity contribution is -0.157. The van der Waals surface area contributed by atoms with Crippen molar-refractivity contribution in [1.82, 2.24) is 55.6 Å².